The summed E-state index contributed by atoms with van der Waals surface area (Å²) in [6.45, 7) is 4.86. The standard InChI is InChI=1S/C10H18F3N3/c1-4-16(6-7(2)5-14)9(8(3)15)10(11,12)13/h7-9H,4,6,15H2,1-3H3. The number of nitrogens with two attached hydrogens (primary N) is 1. The normalized spacial score (nSPS) is 17.9. The SMILES string of the molecule is CCN(CC(C)C#N)C(C(C)N)C(F)(F)F. The van der Waals surface area contributed by atoms with Crippen molar-refractivity contribution in [3.05, 3.63) is 0 Å². The van der Waals surface area contributed by atoms with E-state index in [1.165, 1.54) is 11.8 Å². The van der Waals surface area contributed by atoms with Gasteiger partial charge in [-0.3, -0.25) is 4.90 Å². The van der Waals surface area contributed by atoms with Crippen molar-refractivity contribution >= 4 is 0 Å². The summed E-state index contributed by atoms with van der Waals surface area (Å²) in [4.78, 5) is 1.21. The van der Waals surface area contributed by atoms with Gasteiger partial charge in [-0.15, -0.1) is 0 Å². The first-order valence-electron chi connectivity index (χ1n) is 5.20. The molecule has 2 N–H and O–H groups in total. The van der Waals surface area contributed by atoms with Crippen LogP contribution >= 0.6 is 0 Å². The van der Waals surface area contributed by atoms with Crippen LogP contribution in [0.4, 0.5) is 13.2 Å². The van der Waals surface area contributed by atoms with E-state index in [2.05, 4.69) is 0 Å². The molecular formula is C10H18F3N3. The maximum Gasteiger partial charge on any atom is 0.405 e. The van der Waals surface area contributed by atoms with E-state index >= 15 is 0 Å². The number of rotatable bonds is 5. The lowest BCUT2D eigenvalue weighted by molar-refractivity contribution is -0.188. The van der Waals surface area contributed by atoms with E-state index in [0.29, 0.717) is 0 Å². The monoisotopic (exact) mass is 237 g/mol. The van der Waals surface area contributed by atoms with Gasteiger partial charge in [0.05, 0.1) is 12.0 Å². The van der Waals surface area contributed by atoms with Gasteiger partial charge in [-0.25, -0.2) is 0 Å². The molecule has 3 nitrogen and oxygen atoms in total. The second-order valence-electron chi connectivity index (χ2n) is 3.96. The molecule has 0 aliphatic carbocycles. The van der Waals surface area contributed by atoms with Crippen LogP contribution in [0.2, 0.25) is 0 Å². The molecule has 0 saturated carbocycles. The van der Waals surface area contributed by atoms with Gasteiger partial charge >= 0.3 is 6.18 Å². The van der Waals surface area contributed by atoms with Gasteiger partial charge in [0.1, 0.15) is 6.04 Å². The van der Waals surface area contributed by atoms with Gasteiger partial charge in [0.25, 0.3) is 0 Å². The Bertz CT molecular complexity index is 245. The van der Waals surface area contributed by atoms with Crippen molar-refractivity contribution in [3.8, 4) is 6.07 Å². The Morgan fingerprint density at radius 2 is 1.88 bits per heavy atom. The summed E-state index contributed by atoms with van der Waals surface area (Å²) in [5.41, 5.74) is 5.37. The van der Waals surface area contributed by atoms with Crippen molar-refractivity contribution in [1.29, 1.82) is 5.26 Å². The minimum atomic E-state index is -4.36. The van der Waals surface area contributed by atoms with Gasteiger partial charge in [-0.2, -0.15) is 18.4 Å². The smallest absolute Gasteiger partial charge is 0.326 e. The van der Waals surface area contributed by atoms with Gasteiger partial charge in [0.15, 0.2) is 0 Å². The van der Waals surface area contributed by atoms with Crippen LogP contribution in [0.3, 0.4) is 0 Å². The van der Waals surface area contributed by atoms with Crippen LogP contribution in [0, 0.1) is 17.2 Å². The lowest BCUT2D eigenvalue weighted by Crippen LogP contribution is -2.55. The zero-order valence-electron chi connectivity index (χ0n) is 9.75. The van der Waals surface area contributed by atoms with Crippen LogP contribution in [-0.2, 0) is 0 Å². The second kappa shape index (κ2) is 6.06. The van der Waals surface area contributed by atoms with Gasteiger partial charge < -0.3 is 5.73 Å². The highest BCUT2D eigenvalue weighted by atomic mass is 19.4. The Labute approximate surface area is 94.0 Å². The molecule has 6 heteroatoms. The van der Waals surface area contributed by atoms with E-state index in [1.807, 2.05) is 6.07 Å². The van der Waals surface area contributed by atoms with Crippen LogP contribution in [-0.4, -0.2) is 36.2 Å². The molecule has 0 heterocycles. The van der Waals surface area contributed by atoms with Crippen LogP contribution in [0.5, 0.6) is 0 Å². The minimum absolute atomic E-state index is 0.0821. The number of hydrogen-bond donors (Lipinski definition) is 1. The topological polar surface area (TPSA) is 53.0 Å². The van der Waals surface area contributed by atoms with E-state index < -0.39 is 24.2 Å². The van der Waals surface area contributed by atoms with E-state index in [0.717, 1.165) is 0 Å². The summed E-state index contributed by atoms with van der Waals surface area (Å²) in [5, 5.41) is 8.61. The maximum atomic E-state index is 12.8. The number of hydrogen-bond acceptors (Lipinski definition) is 3. The van der Waals surface area contributed by atoms with Crippen LogP contribution in [0.1, 0.15) is 20.8 Å². The summed E-state index contributed by atoms with van der Waals surface area (Å²) >= 11 is 0. The average molecular weight is 237 g/mol. The summed E-state index contributed by atoms with van der Waals surface area (Å²) in [7, 11) is 0. The third-order valence-electron chi connectivity index (χ3n) is 2.36. The lowest BCUT2D eigenvalue weighted by atomic mass is 10.1. The Morgan fingerprint density at radius 1 is 1.38 bits per heavy atom. The number of halogens is 3. The number of alkyl halides is 3. The molecule has 3 unspecified atom stereocenters. The van der Waals surface area contributed by atoms with Gasteiger partial charge in [-0.05, 0) is 20.4 Å². The van der Waals surface area contributed by atoms with E-state index in [4.69, 9.17) is 11.0 Å². The molecule has 3 atom stereocenters. The first kappa shape index (κ1) is 15.2. The van der Waals surface area contributed by atoms with Gasteiger partial charge in [0, 0.05) is 12.6 Å². The molecule has 0 fully saturated rings. The number of likely N-dealkylation sites (N-methyl/N-ethyl adjacent to an activating group) is 1. The Hall–Kier alpha value is -0.800. The number of nitriles is 1. The largest absolute Gasteiger partial charge is 0.405 e. The number of nitrogens with zero attached hydrogens (tertiary/aromatic N) is 2. The third-order valence-corrected chi connectivity index (χ3v) is 2.36. The van der Waals surface area contributed by atoms with Gasteiger partial charge in [-0.1, -0.05) is 6.92 Å². The molecule has 0 aliphatic rings. The zero-order chi connectivity index (χ0) is 12.9. The van der Waals surface area contributed by atoms with Crippen molar-refractivity contribution < 1.29 is 13.2 Å². The molecule has 0 aromatic heterocycles. The minimum Gasteiger partial charge on any atom is -0.326 e. The maximum absolute atomic E-state index is 12.8. The first-order valence-corrected chi connectivity index (χ1v) is 5.20. The van der Waals surface area contributed by atoms with Crippen molar-refractivity contribution in [2.24, 2.45) is 11.7 Å². The fourth-order valence-corrected chi connectivity index (χ4v) is 1.67. The van der Waals surface area contributed by atoms with Crippen LogP contribution in [0.15, 0.2) is 0 Å². The summed E-state index contributed by atoms with van der Waals surface area (Å²) in [6.07, 6.45) is -4.36. The highest BCUT2D eigenvalue weighted by Gasteiger charge is 2.45. The molecule has 0 aromatic carbocycles. The zero-order valence-corrected chi connectivity index (χ0v) is 9.75. The fourth-order valence-electron chi connectivity index (χ4n) is 1.67. The molecule has 0 rings (SSSR count). The third kappa shape index (κ3) is 4.37. The summed E-state index contributed by atoms with van der Waals surface area (Å²) in [5.74, 6) is -0.441. The van der Waals surface area contributed by atoms with Gasteiger partial charge in [0.2, 0.25) is 0 Å². The highest BCUT2D eigenvalue weighted by Crippen LogP contribution is 2.27. The van der Waals surface area contributed by atoms with Crippen molar-refractivity contribution in [2.75, 3.05) is 13.1 Å². The van der Waals surface area contributed by atoms with E-state index in [-0.39, 0.29) is 13.1 Å². The summed E-state index contributed by atoms with van der Waals surface area (Å²) in [6, 6.07) is -0.770. The molecule has 16 heavy (non-hydrogen) atoms. The lowest BCUT2D eigenvalue weighted by Gasteiger charge is -2.35. The Morgan fingerprint density at radius 3 is 2.12 bits per heavy atom. The average Bonchev–Trinajstić information content (AvgIpc) is 2.13. The highest BCUT2D eigenvalue weighted by molar-refractivity contribution is 4.89. The van der Waals surface area contributed by atoms with Crippen LogP contribution < -0.4 is 5.73 Å². The second-order valence-corrected chi connectivity index (χ2v) is 3.96. The quantitative estimate of drug-likeness (QED) is 0.792. The van der Waals surface area contributed by atoms with Crippen molar-refractivity contribution in [2.45, 2.75) is 39.0 Å². The predicted octanol–water partition coefficient (Wildman–Crippen LogP) is 1.75. The van der Waals surface area contributed by atoms with E-state index in [1.54, 1.807) is 13.8 Å². The molecule has 0 aliphatic heterocycles. The molecule has 0 aromatic rings. The molecule has 94 valence electrons. The van der Waals surface area contributed by atoms with Crippen LogP contribution in [0.25, 0.3) is 0 Å². The van der Waals surface area contributed by atoms with Crippen molar-refractivity contribution in [3.63, 3.8) is 0 Å². The molecule has 0 bridgehead atoms. The first-order chi connectivity index (χ1) is 7.23. The molecule has 0 radical (unpaired) electrons. The molecule has 0 spiro atoms. The molecule has 0 saturated heterocycles. The Kier molecular flexibility index (Phi) is 5.76. The fraction of sp³-hybridized carbons (Fsp3) is 0.900. The summed E-state index contributed by atoms with van der Waals surface area (Å²) < 4.78 is 38.3. The van der Waals surface area contributed by atoms with Crippen molar-refractivity contribution in [1.82, 2.24) is 4.90 Å². The van der Waals surface area contributed by atoms with E-state index in [9.17, 15) is 13.2 Å². The molecule has 0 amide bonds. The predicted molar refractivity (Wildman–Crippen MR) is 55.5 cm³/mol. The Balaban J connectivity index is 4.81. The molecular weight excluding hydrogens is 219 g/mol.